The van der Waals surface area contributed by atoms with E-state index in [1.54, 1.807) is 12.4 Å². The number of aromatic nitrogens is 2. The van der Waals surface area contributed by atoms with E-state index < -0.39 is 24.1 Å². The number of benzene rings is 2. The van der Waals surface area contributed by atoms with Crippen molar-refractivity contribution in [3.8, 4) is 0 Å². The van der Waals surface area contributed by atoms with E-state index in [4.69, 9.17) is 0 Å². The minimum absolute atomic E-state index is 0.123. The van der Waals surface area contributed by atoms with E-state index in [1.165, 1.54) is 6.92 Å². The maximum absolute atomic E-state index is 13.9. The van der Waals surface area contributed by atoms with Gasteiger partial charge in [-0.25, -0.2) is 4.98 Å². The summed E-state index contributed by atoms with van der Waals surface area (Å²) >= 11 is 0. The van der Waals surface area contributed by atoms with Crippen LogP contribution in [0.5, 0.6) is 0 Å². The minimum atomic E-state index is -1.04. The standard InChI is InChI=1S/C34H47N5O4/c1-22(2)18-29(32-35-16-17-36-32)39-33(42)27(19-25-12-8-6-9-13-25)21-30(41)28(20-26-14-10-7-11-15-26)38-34(43)31(23(3)4)37-24(5)40/h6-17,22-23,27-31,41H,18-21H2,1-5H3,(H,35,36)(H,37,40)(H,38,43)(H,39,42)/t27-,28+,29+,30+,31+/m1/s1. The molecule has 0 radical (unpaired) electrons. The lowest BCUT2D eigenvalue weighted by Crippen LogP contribution is -2.55. The lowest BCUT2D eigenvalue weighted by Gasteiger charge is -2.30. The largest absolute Gasteiger partial charge is 0.391 e. The third-order valence-corrected chi connectivity index (χ3v) is 7.49. The topological polar surface area (TPSA) is 136 Å². The zero-order valence-corrected chi connectivity index (χ0v) is 25.9. The molecule has 0 aliphatic carbocycles. The highest BCUT2D eigenvalue weighted by Gasteiger charge is 2.32. The number of aliphatic hydroxyl groups excluding tert-OH is 1. The van der Waals surface area contributed by atoms with Crippen LogP contribution in [-0.4, -0.2) is 51.0 Å². The fourth-order valence-electron chi connectivity index (χ4n) is 5.28. The van der Waals surface area contributed by atoms with Crippen LogP contribution in [0.2, 0.25) is 0 Å². The number of hydrogen-bond acceptors (Lipinski definition) is 5. The number of nitrogens with zero attached hydrogens (tertiary/aromatic N) is 1. The second-order valence-corrected chi connectivity index (χ2v) is 12.1. The minimum Gasteiger partial charge on any atom is -0.391 e. The Morgan fingerprint density at radius 3 is 1.93 bits per heavy atom. The first-order valence-corrected chi connectivity index (χ1v) is 15.2. The molecule has 1 heterocycles. The van der Waals surface area contributed by atoms with E-state index in [-0.39, 0.29) is 36.1 Å². The molecule has 0 unspecified atom stereocenters. The Balaban J connectivity index is 1.87. The van der Waals surface area contributed by atoms with Gasteiger partial charge >= 0.3 is 0 Å². The Morgan fingerprint density at radius 2 is 1.42 bits per heavy atom. The predicted molar refractivity (Wildman–Crippen MR) is 168 cm³/mol. The van der Waals surface area contributed by atoms with E-state index in [9.17, 15) is 19.5 Å². The summed E-state index contributed by atoms with van der Waals surface area (Å²) in [4.78, 5) is 46.6. The maximum atomic E-state index is 13.9. The summed E-state index contributed by atoms with van der Waals surface area (Å²) in [6, 6.07) is 17.6. The van der Waals surface area contributed by atoms with E-state index in [0.29, 0.717) is 31.0 Å². The van der Waals surface area contributed by atoms with Crippen LogP contribution in [0, 0.1) is 17.8 Å². The molecule has 9 heteroatoms. The van der Waals surface area contributed by atoms with Crippen LogP contribution in [0.25, 0.3) is 0 Å². The number of aliphatic hydroxyl groups is 1. The molecule has 0 saturated carbocycles. The average molecular weight is 590 g/mol. The van der Waals surface area contributed by atoms with Crippen molar-refractivity contribution in [3.63, 3.8) is 0 Å². The number of carbonyl (C=O) groups excluding carboxylic acids is 3. The first-order valence-electron chi connectivity index (χ1n) is 15.2. The van der Waals surface area contributed by atoms with Crippen LogP contribution in [0.15, 0.2) is 73.1 Å². The first kappa shape index (κ1) is 33.5. The summed E-state index contributed by atoms with van der Waals surface area (Å²) < 4.78 is 0. The third kappa shape index (κ3) is 11.0. The highest BCUT2D eigenvalue weighted by molar-refractivity contribution is 5.87. The van der Waals surface area contributed by atoms with E-state index in [2.05, 4.69) is 39.8 Å². The second-order valence-electron chi connectivity index (χ2n) is 12.1. The van der Waals surface area contributed by atoms with Crippen LogP contribution >= 0.6 is 0 Å². The van der Waals surface area contributed by atoms with Gasteiger partial charge in [-0.3, -0.25) is 14.4 Å². The molecule has 3 rings (SSSR count). The Hall–Kier alpha value is -3.98. The summed E-state index contributed by atoms with van der Waals surface area (Å²) in [5.74, 6) is -0.592. The highest BCUT2D eigenvalue weighted by Crippen LogP contribution is 2.23. The lowest BCUT2D eigenvalue weighted by atomic mass is 9.88. The number of nitrogens with one attached hydrogen (secondary N) is 4. The van der Waals surface area contributed by atoms with Gasteiger partial charge in [-0.05, 0) is 48.6 Å². The molecule has 9 nitrogen and oxygen atoms in total. The van der Waals surface area contributed by atoms with E-state index >= 15 is 0 Å². The van der Waals surface area contributed by atoms with Gasteiger partial charge in [-0.15, -0.1) is 0 Å². The lowest BCUT2D eigenvalue weighted by molar-refractivity contribution is -0.130. The molecule has 5 atom stereocenters. The number of hydrogen-bond donors (Lipinski definition) is 5. The van der Waals surface area contributed by atoms with Crippen molar-refractivity contribution in [2.45, 2.75) is 84.5 Å². The Labute approximate surface area is 255 Å². The van der Waals surface area contributed by atoms with Crippen LogP contribution in [0.4, 0.5) is 0 Å². The van der Waals surface area contributed by atoms with Crippen molar-refractivity contribution in [2.24, 2.45) is 17.8 Å². The average Bonchev–Trinajstić information content (AvgIpc) is 3.50. The van der Waals surface area contributed by atoms with Gasteiger partial charge in [0.05, 0.1) is 18.2 Å². The normalized spacial score (nSPS) is 14.9. The number of imidazole rings is 1. The second kappa shape index (κ2) is 16.6. The van der Waals surface area contributed by atoms with Crippen LogP contribution < -0.4 is 16.0 Å². The molecule has 0 aliphatic rings. The van der Waals surface area contributed by atoms with Gasteiger partial charge in [0.2, 0.25) is 17.7 Å². The summed E-state index contributed by atoms with van der Waals surface area (Å²) in [5.41, 5.74) is 1.91. The number of aromatic amines is 1. The molecule has 3 amide bonds. The fourth-order valence-corrected chi connectivity index (χ4v) is 5.28. The van der Waals surface area contributed by atoms with E-state index in [1.807, 2.05) is 74.5 Å². The van der Waals surface area contributed by atoms with E-state index in [0.717, 1.165) is 11.1 Å². The molecule has 0 fully saturated rings. The van der Waals surface area contributed by atoms with Gasteiger partial charge in [-0.2, -0.15) is 0 Å². The van der Waals surface area contributed by atoms with Crippen molar-refractivity contribution in [3.05, 3.63) is 90.0 Å². The van der Waals surface area contributed by atoms with Crippen molar-refractivity contribution in [1.29, 1.82) is 0 Å². The Bertz CT molecular complexity index is 1260. The van der Waals surface area contributed by atoms with Crippen LogP contribution in [0.1, 0.15) is 70.5 Å². The molecule has 2 aromatic carbocycles. The smallest absolute Gasteiger partial charge is 0.243 e. The summed E-state index contributed by atoms with van der Waals surface area (Å²) in [7, 11) is 0. The molecule has 43 heavy (non-hydrogen) atoms. The van der Waals surface area contributed by atoms with Crippen molar-refractivity contribution < 1.29 is 19.5 Å². The molecule has 5 N–H and O–H groups in total. The highest BCUT2D eigenvalue weighted by atomic mass is 16.3. The predicted octanol–water partition coefficient (Wildman–Crippen LogP) is 4.11. The van der Waals surface area contributed by atoms with Crippen molar-refractivity contribution >= 4 is 17.7 Å². The Morgan fingerprint density at radius 1 is 0.814 bits per heavy atom. The van der Waals surface area contributed by atoms with Gasteiger partial charge in [0.1, 0.15) is 11.9 Å². The van der Waals surface area contributed by atoms with Crippen LogP contribution in [0.3, 0.4) is 0 Å². The van der Waals surface area contributed by atoms with Gasteiger partial charge < -0.3 is 26.0 Å². The summed E-state index contributed by atoms with van der Waals surface area (Å²) in [5, 5.41) is 20.6. The molecule has 3 aromatic rings. The fraction of sp³-hybridized carbons (Fsp3) is 0.471. The molecular weight excluding hydrogens is 542 g/mol. The van der Waals surface area contributed by atoms with Gasteiger partial charge in [0, 0.05) is 25.2 Å². The van der Waals surface area contributed by atoms with Gasteiger partial charge in [-0.1, -0.05) is 88.4 Å². The molecule has 0 aliphatic heterocycles. The van der Waals surface area contributed by atoms with Crippen molar-refractivity contribution in [2.75, 3.05) is 0 Å². The molecule has 0 bridgehead atoms. The van der Waals surface area contributed by atoms with Crippen molar-refractivity contribution in [1.82, 2.24) is 25.9 Å². The molecule has 1 aromatic heterocycles. The van der Waals surface area contributed by atoms with Gasteiger partial charge in [0.25, 0.3) is 0 Å². The zero-order chi connectivity index (χ0) is 31.4. The number of rotatable bonds is 16. The molecule has 0 saturated heterocycles. The SMILES string of the molecule is CC(=O)N[C@H](C(=O)N[C@@H](Cc1ccccc1)[C@@H](O)C[C@@H](Cc1ccccc1)C(=O)N[C@@H](CC(C)C)c1ncc[nH]1)C(C)C. The zero-order valence-electron chi connectivity index (χ0n) is 25.9. The Kier molecular flexibility index (Phi) is 12.9. The third-order valence-electron chi connectivity index (χ3n) is 7.49. The van der Waals surface area contributed by atoms with Crippen LogP contribution in [-0.2, 0) is 27.2 Å². The quantitative estimate of drug-likeness (QED) is 0.171. The first-order chi connectivity index (χ1) is 20.5. The maximum Gasteiger partial charge on any atom is 0.243 e. The molecule has 232 valence electrons. The van der Waals surface area contributed by atoms with Gasteiger partial charge in [0.15, 0.2) is 0 Å². The molecule has 0 spiro atoms. The molecular formula is C34H47N5O4. The number of H-pyrrole nitrogens is 1. The number of amides is 3. The monoisotopic (exact) mass is 589 g/mol. The summed E-state index contributed by atoms with van der Waals surface area (Å²) in [6.45, 7) is 9.28. The summed E-state index contributed by atoms with van der Waals surface area (Å²) in [6.07, 6.45) is 3.97. The number of carbonyl (C=O) groups is 3.